The maximum atomic E-state index is 12.4. The Morgan fingerprint density at radius 1 is 1.27 bits per heavy atom. The molecule has 33 heavy (non-hydrogen) atoms. The van der Waals surface area contributed by atoms with Gasteiger partial charge in [0.05, 0.1) is 5.60 Å². The normalized spacial score (nSPS) is 16.1. The SMILES string of the molecule is C=C(/C(O)=C\C(=C/C)CC)c1c([C@H](OC(C)(C)C)C(=O)O)c(C)nc2sc3c(c12)CCCC3. The molecule has 0 aliphatic heterocycles. The molecule has 0 unspecified atom stereocenters. The molecule has 2 aromatic rings. The molecule has 2 N–H and O–H groups in total. The second kappa shape index (κ2) is 9.82. The molecule has 6 heteroatoms. The predicted molar refractivity (Wildman–Crippen MR) is 136 cm³/mol. The summed E-state index contributed by atoms with van der Waals surface area (Å²) in [5.74, 6) is -1.05. The van der Waals surface area contributed by atoms with Gasteiger partial charge in [-0.25, -0.2) is 9.78 Å². The van der Waals surface area contributed by atoms with E-state index in [-0.39, 0.29) is 5.76 Å². The molecule has 0 bridgehead atoms. The number of aliphatic hydroxyl groups excluding tert-OH is 1. The first-order valence-electron chi connectivity index (χ1n) is 11.6. The van der Waals surface area contributed by atoms with Crippen molar-refractivity contribution in [1.82, 2.24) is 4.98 Å². The van der Waals surface area contributed by atoms with Crippen molar-refractivity contribution < 1.29 is 19.7 Å². The predicted octanol–water partition coefficient (Wildman–Crippen LogP) is 7.24. The molecule has 2 heterocycles. The minimum absolute atomic E-state index is 0.0359. The van der Waals surface area contributed by atoms with Crippen LogP contribution in [0.4, 0.5) is 0 Å². The molecule has 0 radical (unpaired) electrons. The third kappa shape index (κ3) is 5.22. The van der Waals surface area contributed by atoms with Crippen LogP contribution in [0.15, 0.2) is 30.1 Å². The van der Waals surface area contributed by atoms with Crippen molar-refractivity contribution >= 4 is 33.1 Å². The largest absolute Gasteiger partial charge is 0.507 e. The number of carboxylic acids is 1. The molecule has 1 atom stereocenters. The number of aryl methyl sites for hydroxylation is 3. The molecule has 0 aromatic carbocycles. The molecule has 0 saturated carbocycles. The van der Waals surface area contributed by atoms with Crippen LogP contribution in [0.25, 0.3) is 15.8 Å². The van der Waals surface area contributed by atoms with Gasteiger partial charge in [-0.3, -0.25) is 0 Å². The van der Waals surface area contributed by atoms with Crippen LogP contribution in [-0.4, -0.2) is 26.8 Å². The Kier molecular flexibility index (Phi) is 7.49. The number of aliphatic hydroxyl groups is 1. The van der Waals surface area contributed by atoms with Gasteiger partial charge in [-0.1, -0.05) is 19.6 Å². The van der Waals surface area contributed by atoms with E-state index in [1.54, 1.807) is 17.4 Å². The second-order valence-electron chi connectivity index (χ2n) is 9.55. The summed E-state index contributed by atoms with van der Waals surface area (Å²) in [6.45, 7) is 15.5. The van der Waals surface area contributed by atoms with Crippen LogP contribution >= 0.6 is 11.3 Å². The van der Waals surface area contributed by atoms with Crippen LogP contribution in [0.5, 0.6) is 0 Å². The number of nitrogens with zero attached hydrogens (tertiary/aromatic N) is 1. The molecule has 178 valence electrons. The smallest absolute Gasteiger partial charge is 0.337 e. The van der Waals surface area contributed by atoms with E-state index in [1.165, 1.54) is 10.4 Å². The lowest BCUT2D eigenvalue weighted by Crippen LogP contribution is -2.29. The Hall–Kier alpha value is -2.44. The van der Waals surface area contributed by atoms with Gasteiger partial charge in [0.15, 0.2) is 6.10 Å². The van der Waals surface area contributed by atoms with Crippen molar-refractivity contribution in [2.45, 2.75) is 85.4 Å². The molecule has 1 aliphatic rings. The van der Waals surface area contributed by atoms with Gasteiger partial charge in [0.2, 0.25) is 0 Å². The number of rotatable bonds is 7. The Morgan fingerprint density at radius 2 is 1.94 bits per heavy atom. The molecule has 0 saturated heterocycles. The van der Waals surface area contributed by atoms with Crippen LogP contribution in [0.1, 0.15) is 87.2 Å². The lowest BCUT2D eigenvalue weighted by molar-refractivity contribution is -0.160. The lowest BCUT2D eigenvalue weighted by atomic mass is 9.87. The average molecular weight is 470 g/mol. The van der Waals surface area contributed by atoms with E-state index in [1.807, 2.05) is 47.6 Å². The van der Waals surface area contributed by atoms with Gasteiger partial charge in [-0.15, -0.1) is 11.3 Å². The van der Waals surface area contributed by atoms with Crippen LogP contribution in [0.2, 0.25) is 0 Å². The molecule has 0 spiro atoms. The summed E-state index contributed by atoms with van der Waals surface area (Å²) in [6.07, 6.45) is 7.33. The summed E-state index contributed by atoms with van der Waals surface area (Å²) >= 11 is 1.67. The molecular formula is C27H35NO4S. The van der Waals surface area contributed by atoms with E-state index in [2.05, 4.69) is 6.58 Å². The summed E-state index contributed by atoms with van der Waals surface area (Å²) in [6, 6.07) is 0. The van der Waals surface area contributed by atoms with Crippen LogP contribution in [-0.2, 0) is 22.4 Å². The molecule has 2 aromatic heterocycles. The number of hydrogen-bond acceptors (Lipinski definition) is 5. The van der Waals surface area contributed by atoms with Gasteiger partial charge in [0.1, 0.15) is 10.6 Å². The highest BCUT2D eigenvalue weighted by Crippen LogP contribution is 2.44. The zero-order valence-corrected chi connectivity index (χ0v) is 21.4. The zero-order chi connectivity index (χ0) is 24.5. The van der Waals surface area contributed by atoms with Gasteiger partial charge >= 0.3 is 5.97 Å². The maximum absolute atomic E-state index is 12.4. The highest BCUT2D eigenvalue weighted by atomic mass is 32.1. The van der Waals surface area contributed by atoms with Crippen molar-refractivity contribution in [3.63, 3.8) is 0 Å². The molecule has 0 fully saturated rings. The summed E-state index contributed by atoms with van der Waals surface area (Å²) < 4.78 is 6.04. The maximum Gasteiger partial charge on any atom is 0.337 e. The number of hydrogen-bond donors (Lipinski definition) is 2. The van der Waals surface area contributed by atoms with Crippen molar-refractivity contribution in [3.05, 3.63) is 57.3 Å². The highest BCUT2D eigenvalue weighted by Gasteiger charge is 2.34. The van der Waals surface area contributed by atoms with E-state index >= 15 is 0 Å². The minimum Gasteiger partial charge on any atom is -0.507 e. The molecule has 1 aliphatic carbocycles. The fourth-order valence-corrected chi connectivity index (χ4v) is 5.73. The number of aromatic nitrogens is 1. The fourth-order valence-electron chi connectivity index (χ4n) is 4.42. The molecular weight excluding hydrogens is 434 g/mol. The van der Waals surface area contributed by atoms with E-state index in [0.717, 1.165) is 47.9 Å². The number of fused-ring (bicyclic) bond motifs is 3. The minimum atomic E-state index is -1.23. The summed E-state index contributed by atoms with van der Waals surface area (Å²) in [5, 5.41) is 22.2. The van der Waals surface area contributed by atoms with Gasteiger partial charge in [0.25, 0.3) is 0 Å². The van der Waals surface area contributed by atoms with Crippen molar-refractivity contribution in [1.29, 1.82) is 0 Å². The number of carbonyl (C=O) groups is 1. The van der Waals surface area contributed by atoms with E-state index in [4.69, 9.17) is 9.72 Å². The van der Waals surface area contributed by atoms with E-state index in [0.29, 0.717) is 22.4 Å². The Morgan fingerprint density at radius 3 is 2.52 bits per heavy atom. The second-order valence-corrected chi connectivity index (χ2v) is 10.6. The third-order valence-electron chi connectivity index (χ3n) is 6.00. The first-order valence-corrected chi connectivity index (χ1v) is 12.4. The van der Waals surface area contributed by atoms with Gasteiger partial charge in [-0.05, 0) is 83.9 Å². The number of pyridine rings is 1. The first kappa shape index (κ1) is 25.2. The Balaban J connectivity index is 2.38. The standard InChI is InChI=1S/C27H35NO4S/c1-8-17(9-2)14-19(29)15(3)21-22(24(26(30)31)32-27(5,6)7)16(4)28-25-23(21)18-12-10-11-13-20(18)33-25/h8,14,24,29H,3,9-13H2,1-2,4-7H3,(H,30,31)/b17-8-,19-14+/t24-/m0/s1. The average Bonchev–Trinajstić information content (AvgIpc) is 3.11. The quantitative estimate of drug-likeness (QED) is 0.330. The van der Waals surface area contributed by atoms with Gasteiger partial charge in [0, 0.05) is 32.7 Å². The Labute approximate surface area is 200 Å². The zero-order valence-electron chi connectivity index (χ0n) is 20.5. The number of carboxylic acid groups (broad SMARTS) is 1. The van der Waals surface area contributed by atoms with Crippen molar-refractivity contribution in [3.8, 4) is 0 Å². The van der Waals surface area contributed by atoms with Gasteiger partial charge in [-0.2, -0.15) is 0 Å². The lowest BCUT2D eigenvalue weighted by Gasteiger charge is -2.28. The Bertz CT molecular complexity index is 1150. The van der Waals surface area contributed by atoms with E-state index < -0.39 is 17.7 Å². The third-order valence-corrected chi connectivity index (χ3v) is 7.19. The van der Waals surface area contributed by atoms with Crippen LogP contribution in [0.3, 0.4) is 0 Å². The van der Waals surface area contributed by atoms with Crippen LogP contribution in [0, 0.1) is 6.92 Å². The van der Waals surface area contributed by atoms with Crippen LogP contribution < -0.4 is 0 Å². The number of aliphatic carboxylic acids is 1. The number of thiophene rings is 1. The summed E-state index contributed by atoms with van der Waals surface area (Å²) in [5.41, 5.74) is 3.61. The highest BCUT2D eigenvalue weighted by molar-refractivity contribution is 7.18. The topological polar surface area (TPSA) is 79.7 Å². The van der Waals surface area contributed by atoms with Crippen molar-refractivity contribution in [2.75, 3.05) is 0 Å². The number of ether oxygens (including phenoxy) is 1. The first-order chi connectivity index (χ1) is 15.5. The van der Waals surface area contributed by atoms with Crippen molar-refractivity contribution in [2.24, 2.45) is 0 Å². The van der Waals surface area contributed by atoms with E-state index in [9.17, 15) is 15.0 Å². The molecule has 5 nitrogen and oxygen atoms in total. The van der Waals surface area contributed by atoms with Gasteiger partial charge < -0.3 is 14.9 Å². The monoisotopic (exact) mass is 469 g/mol. The molecule has 0 amide bonds. The summed E-state index contributed by atoms with van der Waals surface area (Å²) in [4.78, 5) is 19.4. The molecule has 3 rings (SSSR count). The number of allylic oxidation sites excluding steroid dienone is 4. The summed E-state index contributed by atoms with van der Waals surface area (Å²) in [7, 11) is 0. The fraction of sp³-hybridized carbons (Fsp3) is 0.481.